The lowest BCUT2D eigenvalue weighted by Crippen LogP contribution is -2.35. The van der Waals surface area contributed by atoms with Gasteiger partial charge in [-0.05, 0) is 25.5 Å². The summed E-state index contributed by atoms with van der Waals surface area (Å²) in [5.41, 5.74) is 0.429. The predicted molar refractivity (Wildman–Crippen MR) is 84.4 cm³/mol. The zero-order valence-electron chi connectivity index (χ0n) is 13.6. The number of ether oxygens (including phenoxy) is 2. The van der Waals surface area contributed by atoms with Gasteiger partial charge in [0, 0.05) is 30.6 Å². The molecule has 0 saturated heterocycles. The molecule has 0 bridgehead atoms. The van der Waals surface area contributed by atoms with Crippen LogP contribution in [0.2, 0.25) is 0 Å². The molecule has 0 radical (unpaired) electrons. The van der Waals surface area contributed by atoms with E-state index in [1.807, 2.05) is 13.8 Å². The second-order valence-corrected chi connectivity index (χ2v) is 4.98. The third-order valence-electron chi connectivity index (χ3n) is 3.27. The van der Waals surface area contributed by atoms with Crippen molar-refractivity contribution < 1.29 is 19.1 Å². The molecule has 1 atom stereocenters. The first kappa shape index (κ1) is 17.8. The van der Waals surface area contributed by atoms with Gasteiger partial charge in [0.25, 0.3) is 5.91 Å². The van der Waals surface area contributed by atoms with Crippen molar-refractivity contribution in [3.05, 3.63) is 23.8 Å². The van der Waals surface area contributed by atoms with E-state index in [1.165, 1.54) is 14.2 Å². The quantitative estimate of drug-likeness (QED) is 0.767. The van der Waals surface area contributed by atoms with Gasteiger partial charge in [-0.15, -0.1) is 0 Å². The Morgan fingerprint density at radius 3 is 2.23 bits per heavy atom. The highest BCUT2D eigenvalue weighted by Crippen LogP contribution is 2.22. The summed E-state index contributed by atoms with van der Waals surface area (Å²) in [7, 11) is 3.05. The first-order valence-corrected chi connectivity index (χ1v) is 7.30. The van der Waals surface area contributed by atoms with Crippen LogP contribution in [0.5, 0.6) is 11.5 Å². The summed E-state index contributed by atoms with van der Waals surface area (Å²) in [5, 5.41) is 5.56. The largest absolute Gasteiger partial charge is 0.497 e. The lowest BCUT2D eigenvalue weighted by Gasteiger charge is -2.12. The summed E-state index contributed by atoms with van der Waals surface area (Å²) in [6.07, 6.45) is 1.12. The summed E-state index contributed by atoms with van der Waals surface area (Å²) in [6, 6.07) is 5.08. The molecule has 6 nitrogen and oxygen atoms in total. The van der Waals surface area contributed by atoms with Gasteiger partial charge in [0.1, 0.15) is 11.5 Å². The van der Waals surface area contributed by atoms with E-state index in [-0.39, 0.29) is 30.8 Å². The number of rotatable bonds is 8. The molecular formula is C16H24N2O4. The molecule has 0 aromatic heterocycles. The van der Waals surface area contributed by atoms with E-state index in [9.17, 15) is 9.59 Å². The number of nitrogens with one attached hydrogen (secondary N) is 2. The Morgan fingerprint density at radius 2 is 1.73 bits per heavy atom. The monoisotopic (exact) mass is 308 g/mol. The van der Waals surface area contributed by atoms with Gasteiger partial charge in [0.05, 0.1) is 14.2 Å². The van der Waals surface area contributed by atoms with Crippen LogP contribution >= 0.6 is 0 Å². The summed E-state index contributed by atoms with van der Waals surface area (Å²) in [5.74, 6) is 0.740. The van der Waals surface area contributed by atoms with Crippen LogP contribution in [0.15, 0.2) is 18.2 Å². The zero-order chi connectivity index (χ0) is 16.5. The van der Waals surface area contributed by atoms with Crippen molar-refractivity contribution in [1.29, 1.82) is 0 Å². The molecule has 122 valence electrons. The molecule has 1 rings (SSSR count). The van der Waals surface area contributed by atoms with Gasteiger partial charge in [-0.1, -0.05) is 6.92 Å². The Kier molecular flexibility index (Phi) is 7.22. The molecule has 1 aromatic carbocycles. The average Bonchev–Trinajstić information content (AvgIpc) is 2.53. The summed E-state index contributed by atoms with van der Waals surface area (Å²) >= 11 is 0. The maximum atomic E-state index is 12.1. The van der Waals surface area contributed by atoms with E-state index in [1.54, 1.807) is 18.2 Å². The van der Waals surface area contributed by atoms with Gasteiger partial charge in [-0.3, -0.25) is 9.59 Å². The van der Waals surface area contributed by atoms with E-state index in [4.69, 9.17) is 9.47 Å². The molecule has 2 amide bonds. The topological polar surface area (TPSA) is 76.7 Å². The van der Waals surface area contributed by atoms with Crippen molar-refractivity contribution in [3.63, 3.8) is 0 Å². The molecule has 0 heterocycles. The van der Waals surface area contributed by atoms with Crippen molar-refractivity contribution in [1.82, 2.24) is 10.6 Å². The fraction of sp³-hybridized carbons (Fsp3) is 0.500. The van der Waals surface area contributed by atoms with Crippen molar-refractivity contribution in [2.45, 2.75) is 32.7 Å². The fourth-order valence-electron chi connectivity index (χ4n) is 1.78. The minimum atomic E-state index is -0.270. The van der Waals surface area contributed by atoms with E-state index in [0.717, 1.165) is 6.42 Å². The molecule has 6 heteroatoms. The normalized spacial score (nSPS) is 11.5. The maximum Gasteiger partial charge on any atom is 0.251 e. The summed E-state index contributed by atoms with van der Waals surface area (Å²) in [4.78, 5) is 23.7. The fourth-order valence-corrected chi connectivity index (χ4v) is 1.78. The second kappa shape index (κ2) is 8.92. The number of hydrogen-bond donors (Lipinski definition) is 2. The lowest BCUT2D eigenvalue weighted by atomic mass is 10.2. The van der Waals surface area contributed by atoms with E-state index >= 15 is 0 Å². The van der Waals surface area contributed by atoms with E-state index in [2.05, 4.69) is 10.6 Å². The van der Waals surface area contributed by atoms with Crippen molar-refractivity contribution in [2.24, 2.45) is 0 Å². The number of carbonyl (C=O) groups excluding carboxylic acids is 2. The highest BCUT2D eigenvalue weighted by molar-refractivity contribution is 5.95. The predicted octanol–water partition coefficient (Wildman–Crippen LogP) is 1.74. The van der Waals surface area contributed by atoms with Crippen LogP contribution in [0.3, 0.4) is 0 Å². The molecule has 0 aliphatic carbocycles. The Labute approximate surface area is 131 Å². The highest BCUT2D eigenvalue weighted by Gasteiger charge is 2.11. The molecule has 0 aliphatic rings. The molecule has 2 N–H and O–H groups in total. The molecule has 0 spiro atoms. The van der Waals surface area contributed by atoms with Crippen molar-refractivity contribution in [3.8, 4) is 11.5 Å². The molecular weight excluding hydrogens is 284 g/mol. The van der Waals surface area contributed by atoms with Crippen molar-refractivity contribution in [2.75, 3.05) is 20.8 Å². The van der Waals surface area contributed by atoms with E-state index < -0.39 is 0 Å². The SMILES string of the molecule is CCC(C)NC(=O)CCNC(=O)c1cc(OC)cc(OC)c1. The summed E-state index contributed by atoms with van der Waals surface area (Å²) in [6.45, 7) is 4.22. The first-order chi connectivity index (χ1) is 10.5. The molecule has 0 fully saturated rings. The minimum Gasteiger partial charge on any atom is -0.497 e. The van der Waals surface area contributed by atoms with E-state index in [0.29, 0.717) is 17.1 Å². The molecule has 1 aromatic rings. The third-order valence-corrected chi connectivity index (χ3v) is 3.27. The Bertz CT molecular complexity index is 495. The van der Waals surface area contributed by atoms with Crippen molar-refractivity contribution >= 4 is 11.8 Å². The molecule has 0 aliphatic heterocycles. The van der Waals surface area contributed by atoms with Crippen LogP contribution < -0.4 is 20.1 Å². The highest BCUT2D eigenvalue weighted by atomic mass is 16.5. The minimum absolute atomic E-state index is 0.0714. The van der Waals surface area contributed by atoms with Gasteiger partial charge in [0.15, 0.2) is 0 Å². The number of carbonyl (C=O) groups is 2. The lowest BCUT2D eigenvalue weighted by molar-refractivity contribution is -0.121. The molecule has 22 heavy (non-hydrogen) atoms. The zero-order valence-corrected chi connectivity index (χ0v) is 13.6. The molecule has 1 unspecified atom stereocenters. The first-order valence-electron chi connectivity index (χ1n) is 7.30. The number of hydrogen-bond acceptors (Lipinski definition) is 4. The Balaban J connectivity index is 2.53. The number of amides is 2. The van der Waals surface area contributed by atoms with Crippen LogP contribution in [-0.2, 0) is 4.79 Å². The van der Waals surface area contributed by atoms with Gasteiger partial charge in [-0.25, -0.2) is 0 Å². The van der Waals surface area contributed by atoms with Crippen LogP contribution in [0.4, 0.5) is 0 Å². The molecule has 0 saturated carbocycles. The third kappa shape index (κ3) is 5.63. The van der Waals surface area contributed by atoms with Crippen LogP contribution in [0.25, 0.3) is 0 Å². The standard InChI is InChI=1S/C16H24N2O4/c1-5-11(2)18-15(19)6-7-17-16(20)12-8-13(21-3)10-14(9-12)22-4/h8-11H,5-7H2,1-4H3,(H,17,20)(H,18,19). The van der Waals surface area contributed by atoms with Gasteiger partial charge in [-0.2, -0.15) is 0 Å². The van der Waals surface area contributed by atoms with Gasteiger partial charge < -0.3 is 20.1 Å². The maximum absolute atomic E-state index is 12.1. The van der Waals surface area contributed by atoms with Crippen LogP contribution in [0.1, 0.15) is 37.0 Å². The number of methoxy groups -OCH3 is 2. The summed E-state index contributed by atoms with van der Waals surface area (Å²) < 4.78 is 10.2. The Hall–Kier alpha value is -2.24. The number of benzene rings is 1. The Morgan fingerprint density at radius 1 is 1.14 bits per heavy atom. The van der Waals surface area contributed by atoms with Gasteiger partial charge in [0.2, 0.25) is 5.91 Å². The van der Waals surface area contributed by atoms with Crippen LogP contribution in [0, 0.1) is 0 Å². The average molecular weight is 308 g/mol. The smallest absolute Gasteiger partial charge is 0.251 e. The van der Waals surface area contributed by atoms with Gasteiger partial charge >= 0.3 is 0 Å². The second-order valence-electron chi connectivity index (χ2n) is 4.98. The van der Waals surface area contributed by atoms with Crippen LogP contribution in [-0.4, -0.2) is 38.6 Å².